The third kappa shape index (κ3) is 12.9. The molecule has 1 fully saturated rings. The predicted octanol–water partition coefficient (Wildman–Crippen LogP) is 11.2. The molecule has 1 saturated carbocycles. The van der Waals surface area contributed by atoms with Crippen LogP contribution in [0.3, 0.4) is 0 Å². The molecule has 2 bridgehead atoms. The number of carbonyl (C=O) groups is 2. The lowest BCUT2D eigenvalue weighted by Gasteiger charge is -2.47. The van der Waals surface area contributed by atoms with Gasteiger partial charge in [0.1, 0.15) is 17.6 Å². The first-order valence-electron chi connectivity index (χ1n) is 18.9. The molecule has 0 N–H and O–H groups in total. The van der Waals surface area contributed by atoms with Gasteiger partial charge < -0.3 is 18.6 Å². The molecule has 0 radical (unpaired) electrons. The Morgan fingerprint density at radius 3 is 2.10 bits per heavy atom. The first kappa shape index (κ1) is 41.9. The molecule has 2 aliphatic rings. The maximum atomic E-state index is 13.5. The maximum Gasteiger partial charge on any atom is 0.306 e. The number of benzene rings is 1. The van der Waals surface area contributed by atoms with E-state index in [1.54, 1.807) is 7.11 Å². The van der Waals surface area contributed by atoms with Crippen molar-refractivity contribution in [3.63, 3.8) is 0 Å². The van der Waals surface area contributed by atoms with Gasteiger partial charge in [0.25, 0.3) is 0 Å². The Bertz CT molecular complexity index is 1190. The van der Waals surface area contributed by atoms with Gasteiger partial charge >= 0.3 is 5.97 Å². The molecule has 1 aromatic rings. The molecule has 0 unspecified atom stereocenters. The fourth-order valence-corrected chi connectivity index (χ4v) is 14.6. The van der Waals surface area contributed by atoms with Crippen LogP contribution in [0.5, 0.6) is 5.75 Å². The molecular weight excluding hydrogens is 743 g/mol. The van der Waals surface area contributed by atoms with E-state index >= 15 is 0 Å². The van der Waals surface area contributed by atoms with Crippen molar-refractivity contribution in [2.24, 2.45) is 23.7 Å². The lowest BCUT2D eigenvalue weighted by molar-refractivity contribution is -0.150. The van der Waals surface area contributed by atoms with E-state index in [-0.39, 0.29) is 48.0 Å². The maximum absolute atomic E-state index is 13.5. The number of hydrogen-bond donors (Lipinski definition) is 0. The summed E-state index contributed by atoms with van der Waals surface area (Å²) in [5.74, 6) is 1.66. The van der Waals surface area contributed by atoms with Gasteiger partial charge in [0.2, 0.25) is 8.32 Å². The predicted molar refractivity (Wildman–Crippen MR) is 212 cm³/mol. The highest BCUT2D eigenvalue weighted by molar-refractivity contribution is 14.1. The van der Waals surface area contributed by atoms with Crippen LogP contribution in [0.25, 0.3) is 0 Å². The van der Waals surface area contributed by atoms with Gasteiger partial charge in [0, 0.05) is 31.3 Å². The van der Waals surface area contributed by atoms with Crippen molar-refractivity contribution in [3.8, 4) is 5.75 Å². The van der Waals surface area contributed by atoms with E-state index < -0.39 is 8.32 Å². The Morgan fingerprint density at radius 2 is 1.51 bits per heavy atom. The number of ether oxygens (including phenoxy) is 3. The van der Waals surface area contributed by atoms with Gasteiger partial charge in [0.15, 0.2) is 0 Å². The van der Waals surface area contributed by atoms with Crippen LogP contribution < -0.4 is 4.74 Å². The van der Waals surface area contributed by atoms with Crippen molar-refractivity contribution < 1.29 is 28.2 Å². The number of halogens is 1. The number of hydrogen-bond acceptors (Lipinski definition) is 6. The van der Waals surface area contributed by atoms with E-state index in [1.807, 2.05) is 34.4 Å². The molecule has 276 valence electrons. The molecule has 0 aromatic heterocycles. The number of cyclic esters (lactones) is 1. The van der Waals surface area contributed by atoms with Crippen LogP contribution in [-0.4, -0.2) is 45.5 Å². The lowest BCUT2D eigenvalue weighted by Crippen LogP contribution is -2.51. The monoisotopic (exact) mass is 808 g/mol. The van der Waals surface area contributed by atoms with Crippen molar-refractivity contribution in [2.45, 2.75) is 155 Å². The van der Waals surface area contributed by atoms with Crippen molar-refractivity contribution in [1.82, 2.24) is 0 Å². The number of Topliss-reactive ketones (excluding diaryl/α,β-unsaturated/α-hetero) is 1. The van der Waals surface area contributed by atoms with Crippen LogP contribution in [0.2, 0.25) is 16.6 Å². The Kier molecular flexibility index (Phi) is 17.6. The van der Waals surface area contributed by atoms with Crippen LogP contribution in [0.15, 0.2) is 46.6 Å². The van der Waals surface area contributed by atoms with Gasteiger partial charge in [-0.15, -0.1) is 0 Å². The van der Waals surface area contributed by atoms with E-state index in [4.69, 9.17) is 18.6 Å². The van der Waals surface area contributed by atoms with Gasteiger partial charge in [-0.05, 0) is 101 Å². The second-order valence-corrected chi connectivity index (χ2v) is 22.0. The van der Waals surface area contributed by atoms with Crippen LogP contribution in [0.1, 0.15) is 119 Å². The minimum atomic E-state index is -2.12. The van der Waals surface area contributed by atoms with E-state index in [0.717, 1.165) is 49.8 Å². The molecule has 1 aromatic carbocycles. The average molecular weight is 809 g/mol. The summed E-state index contributed by atoms with van der Waals surface area (Å²) in [7, 11) is -0.451. The summed E-state index contributed by atoms with van der Waals surface area (Å²) in [6.45, 7) is 18.8. The van der Waals surface area contributed by atoms with Crippen LogP contribution in [-0.2, 0) is 30.1 Å². The molecule has 6 nitrogen and oxygen atoms in total. The van der Waals surface area contributed by atoms with Gasteiger partial charge in [-0.3, -0.25) is 9.59 Å². The normalized spacial score (nSPS) is 29.2. The Balaban J connectivity index is 1.84. The topological polar surface area (TPSA) is 71.1 Å². The molecular formula is C41H65IO6Si. The van der Waals surface area contributed by atoms with Crippen molar-refractivity contribution in [1.29, 1.82) is 0 Å². The number of ketones is 1. The Hall–Kier alpha value is -1.49. The van der Waals surface area contributed by atoms with E-state index in [0.29, 0.717) is 48.3 Å². The zero-order chi connectivity index (χ0) is 36.1. The summed E-state index contributed by atoms with van der Waals surface area (Å²) in [4.78, 5) is 27.0. The molecule has 1 aliphatic heterocycles. The van der Waals surface area contributed by atoms with E-state index in [2.05, 4.69) is 90.1 Å². The van der Waals surface area contributed by atoms with Crippen LogP contribution in [0, 0.1) is 23.7 Å². The van der Waals surface area contributed by atoms with E-state index in [9.17, 15) is 9.59 Å². The summed E-state index contributed by atoms with van der Waals surface area (Å²) in [6.07, 6.45) is 12.8. The van der Waals surface area contributed by atoms with Crippen LogP contribution in [0.4, 0.5) is 0 Å². The zero-order valence-corrected chi connectivity index (χ0v) is 34.9. The number of allylic oxidation sites excluding steroid dienone is 1. The molecule has 49 heavy (non-hydrogen) atoms. The fraction of sp³-hybridized carbons (Fsp3) is 0.707. The minimum absolute atomic E-state index is 0.0321. The van der Waals surface area contributed by atoms with Crippen molar-refractivity contribution in [2.75, 3.05) is 7.11 Å². The summed E-state index contributed by atoms with van der Waals surface area (Å²) in [5.41, 5.74) is 2.55. The third-order valence-electron chi connectivity index (χ3n) is 11.0. The second-order valence-electron chi connectivity index (χ2n) is 15.8. The highest BCUT2D eigenvalue weighted by Crippen LogP contribution is 2.46. The first-order chi connectivity index (χ1) is 23.3. The van der Waals surface area contributed by atoms with Gasteiger partial charge in [-0.1, -0.05) is 102 Å². The fourth-order valence-electron chi connectivity index (χ4n) is 8.58. The van der Waals surface area contributed by atoms with Crippen molar-refractivity contribution >= 4 is 42.7 Å². The molecule has 0 amide bonds. The molecule has 1 heterocycles. The molecule has 0 spiro atoms. The largest absolute Gasteiger partial charge is 0.497 e. The van der Waals surface area contributed by atoms with Gasteiger partial charge in [-0.25, -0.2) is 0 Å². The first-order valence-corrected chi connectivity index (χ1v) is 22.2. The molecule has 3 rings (SSSR count). The standard InChI is InChI=1S/C41H65IO6Si/c1-28(2)49(29(3)4,30(5)6)48-39-24-34-22-35(25-39)26-41(44)47-40(19-20-42)32(8)14-13-31(7)21-38(12-10-11-36(43)23-34)46-27-33-15-17-37(45-9)18-16-33/h13-20,28-32,34-35,38-40H,10-12,21-27H2,1-9H3/b14-13+,20-19+/t31-,32-,34-,35-,38+,39+,40-/m0/s1. The number of carbonyl (C=O) groups excluding carboxylic acids is 2. The number of rotatable bonds is 10. The summed E-state index contributed by atoms with van der Waals surface area (Å²) >= 11 is 2.21. The SMILES string of the molecule is COc1ccc(CO[C@@H]2CCCC(=O)C[C@@H]3C[C@H](CC(=O)O[C@@H](/C=C/I)[C@@H](C)/C=C/[C@H](C)C2)C[C@H](O[Si](C(C)C)(C(C)C)C(C)C)C3)cc1. The lowest BCUT2D eigenvalue weighted by atomic mass is 9.76. The quantitative estimate of drug-likeness (QED) is 0.101. The highest BCUT2D eigenvalue weighted by Gasteiger charge is 2.48. The van der Waals surface area contributed by atoms with E-state index in [1.165, 1.54) is 0 Å². The Morgan fingerprint density at radius 1 is 0.878 bits per heavy atom. The minimum Gasteiger partial charge on any atom is -0.497 e. The zero-order valence-electron chi connectivity index (χ0n) is 31.8. The molecule has 0 saturated heterocycles. The summed E-state index contributed by atoms with van der Waals surface area (Å²) < 4.78 is 27.2. The third-order valence-corrected chi connectivity index (χ3v) is 17.5. The van der Waals surface area contributed by atoms with Gasteiger partial charge in [0.05, 0.1) is 19.8 Å². The van der Waals surface area contributed by atoms with Gasteiger partial charge in [-0.2, -0.15) is 0 Å². The number of methoxy groups -OCH3 is 1. The molecule has 1 aliphatic carbocycles. The highest BCUT2D eigenvalue weighted by atomic mass is 127. The number of fused-ring (bicyclic) bond motifs is 2. The summed E-state index contributed by atoms with van der Waals surface area (Å²) in [6, 6.07) is 8.01. The molecule has 7 atom stereocenters. The second kappa shape index (κ2) is 20.5. The van der Waals surface area contributed by atoms with Crippen molar-refractivity contribution in [3.05, 3.63) is 52.1 Å². The summed E-state index contributed by atoms with van der Waals surface area (Å²) in [5, 5.41) is 0. The average Bonchev–Trinajstić information content (AvgIpc) is 3.03. The Labute approximate surface area is 312 Å². The number of esters is 1. The molecule has 8 heteroatoms. The van der Waals surface area contributed by atoms with Crippen LogP contribution >= 0.6 is 22.6 Å². The smallest absolute Gasteiger partial charge is 0.306 e.